The molecule has 130 valence electrons. The largest absolute Gasteiger partial charge is 0.461 e. The number of carbonyl (C=O) groups is 1. The molecule has 1 aromatic carbocycles. The Balaban J connectivity index is 1.61. The van der Waals surface area contributed by atoms with Crippen LogP contribution in [0, 0.1) is 6.92 Å². The highest BCUT2D eigenvalue weighted by Gasteiger charge is 2.20. The molecule has 0 spiro atoms. The quantitative estimate of drug-likeness (QED) is 0.714. The van der Waals surface area contributed by atoms with Crippen molar-refractivity contribution in [1.29, 1.82) is 0 Å². The first kappa shape index (κ1) is 16.9. The summed E-state index contributed by atoms with van der Waals surface area (Å²) in [6, 6.07) is 9.79. The average molecular weight is 361 g/mol. The summed E-state index contributed by atoms with van der Waals surface area (Å²) in [5, 5.41) is 3.74. The summed E-state index contributed by atoms with van der Waals surface area (Å²) in [6.07, 6.45) is 1.49. The van der Waals surface area contributed by atoms with E-state index in [2.05, 4.69) is 10.1 Å². The maximum atomic E-state index is 12.2. The Morgan fingerprint density at radius 2 is 2.00 bits per heavy atom. The number of nitrogens with one attached hydrogen (secondary N) is 1. The van der Waals surface area contributed by atoms with Crippen molar-refractivity contribution in [2.75, 3.05) is 0 Å². The van der Waals surface area contributed by atoms with Crippen molar-refractivity contribution < 1.29 is 22.2 Å². The lowest BCUT2D eigenvalue weighted by atomic mass is 10.2. The third kappa shape index (κ3) is 3.94. The number of aromatic nitrogens is 2. The van der Waals surface area contributed by atoms with Crippen LogP contribution in [0.4, 0.5) is 0 Å². The van der Waals surface area contributed by atoms with Crippen LogP contribution in [-0.4, -0.2) is 24.5 Å². The van der Waals surface area contributed by atoms with Crippen LogP contribution >= 0.6 is 0 Å². The second kappa shape index (κ2) is 6.89. The lowest BCUT2D eigenvalue weighted by Crippen LogP contribution is -2.31. The van der Waals surface area contributed by atoms with E-state index in [-0.39, 0.29) is 29.5 Å². The van der Waals surface area contributed by atoms with Gasteiger partial charge in [0.2, 0.25) is 17.6 Å². The third-order valence-electron chi connectivity index (χ3n) is 3.41. The molecule has 0 radical (unpaired) electrons. The van der Waals surface area contributed by atoms with Gasteiger partial charge in [-0.2, -0.15) is 4.98 Å². The first-order valence-corrected chi connectivity index (χ1v) is 8.92. The molecule has 9 heteroatoms. The molecule has 1 amide bonds. The first-order valence-electron chi connectivity index (χ1n) is 7.43. The number of amides is 1. The van der Waals surface area contributed by atoms with Gasteiger partial charge in [-0.15, -0.1) is 0 Å². The predicted octanol–water partition coefficient (Wildman–Crippen LogP) is 2.08. The number of hydrogen-bond donors (Lipinski definition) is 1. The lowest BCUT2D eigenvalue weighted by molar-refractivity contribution is -0.119. The highest BCUT2D eigenvalue weighted by Crippen LogP contribution is 2.17. The standard InChI is InChI=1S/C16H15N3O5S/c1-11-5-2-3-7-13(11)25(21,22)19-14(20)8-9-15-17-16(18-24-15)12-6-4-10-23-12/h2-7,10H,8-9H2,1H3,(H,19,20). The average Bonchev–Trinajstić information content (AvgIpc) is 3.24. The van der Waals surface area contributed by atoms with Gasteiger partial charge in [-0.1, -0.05) is 23.4 Å². The van der Waals surface area contributed by atoms with Gasteiger partial charge in [0.25, 0.3) is 10.0 Å². The molecular formula is C16H15N3O5S. The van der Waals surface area contributed by atoms with Crippen molar-refractivity contribution in [3.05, 3.63) is 54.1 Å². The summed E-state index contributed by atoms with van der Waals surface area (Å²) in [6.45, 7) is 1.66. The zero-order chi connectivity index (χ0) is 17.9. The molecule has 0 atom stereocenters. The van der Waals surface area contributed by atoms with E-state index < -0.39 is 15.9 Å². The number of aryl methyl sites for hydroxylation is 2. The van der Waals surface area contributed by atoms with Gasteiger partial charge in [0.05, 0.1) is 11.2 Å². The van der Waals surface area contributed by atoms with E-state index >= 15 is 0 Å². The summed E-state index contributed by atoms with van der Waals surface area (Å²) < 4.78 is 36.7. The van der Waals surface area contributed by atoms with Crippen molar-refractivity contribution >= 4 is 15.9 Å². The Kier molecular flexibility index (Phi) is 4.66. The number of benzene rings is 1. The molecule has 0 bridgehead atoms. The SMILES string of the molecule is Cc1ccccc1S(=O)(=O)NC(=O)CCc1nc(-c2ccco2)no1. The first-order chi connectivity index (χ1) is 12.0. The molecule has 0 aliphatic rings. The molecule has 1 N–H and O–H groups in total. The van der Waals surface area contributed by atoms with Crippen LogP contribution in [0.2, 0.25) is 0 Å². The van der Waals surface area contributed by atoms with Crippen LogP contribution in [-0.2, 0) is 21.2 Å². The van der Waals surface area contributed by atoms with Crippen LogP contribution in [0.3, 0.4) is 0 Å². The monoisotopic (exact) mass is 361 g/mol. The fraction of sp³-hybridized carbons (Fsp3) is 0.188. The van der Waals surface area contributed by atoms with Gasteiger partial charge in [0.15, 0.2) is 5.76 Å². The maximum absolute atomic E-state index is 12.2. The van der Waals surface area contributed by atoms with Crippen LogP contribution < -0.4 is 4.72 Å². The number of nitrogens with zero attached hydrogens (tertiary/aromatic N) is 2. The van der Waals surface area contributed by atoms with Crippen LogP contribution in [0.5, 0.6) is 0 Å². The molecule has 0 unspecified atom stereocenters. The third-order valence-corrected chi connectivity index (χ3v) is 4.94. The molecule has 0 saturated carbocycles. The molecule has 3 rings (SSSR count). The Morgan fingerprint density at radius 1 is 1.20 bits per heavy atom. The smallest absolute Gasteiger partial charge is 0.264 e. The van der Waals surface area contributed by atoms with E-state index in [1.54, 1.807) is 37.3 Å². The second-order valence-corrected chi connectivity index (χ2v) is 6.93. The highest BCUT2D eigenvalue weighted by atomic mass is 32.2. The van der Waals surface area contributed by atoms with Gasteiger partial charge >= 0.3 is 0 Å². The summed E-state index contributed by atoms with van der Waals surface area (Å²) >= 11 is 0. The van der Waals surface area contributed by atoms with E-state index in [4.69, 9.17) is 8.94 Å². The van der Waals surface area contributed by atoms with Crippen LogP contribution in [0.25, 0.3) is 11.6 Å². The van der Waals surface area contributed by atoms with Crippen LogP contribution in [0.15, 0.2) is 56.5 Å². The zero-order valence-corrected chi connectivity index (χ0v) is 14.1. The second-order valence-electron chi connectivity index (χ2n) is 5.28. The minimum absolute atomic E-state index is 0.0706. The fourth-order valence-electron chi connectivity index (χ4n) is 2.20. The molecule has 2 heterocycles. The zero-order valence-electron chi connectivity index (χ0n) is 13.3. The number of hydrogen-bond acceptors (Lipinski definition) is 7. The number of rotatable bonds is 6. The molecule has 25 heavy (non-hydrogen) atoms. The number of sulfonamides is 1. The van der Waals surface area contributed by atoms with Gasteiger partial charge in [-0.25, -0.2) is 13.1 Å². The van der Waals surface area contributed by atoms with Crippen molar-refractivity contribution in [2.24, 2.45) is 0 Å². The Labute approximate surface area is 143 Å². The lowest BCUT2D eigenvalue weighted by Gasteiger charge is -2.08. The molecule has 0 fully saturated rings. The Bertz CT molecular complexity index is 977. The topological polar surface area (TPSA) is 115 Å². The van der Waals surface area contributed by atoms with Crippen molar-refractivity contribution in [2.45, 2.75) is 24.7 Å². The molecule has 8 nitrogen and oxygen atoms in total. The minimum atomic E-state index is -3.91. The van der Waals surface area contributed by atoms with Gasteiger partial charge in [0, 0.05) is 12.8 Å². The van der Waals surface area contributed by atoms with E-state index in [1.807, 2.05) is 4.72 Å². The number of furan rings is 1. The van der Waals surface area contributed by atoms with Gasteiger partial charge in [-0.05, 0) is 30.7 Å². The van der Waals surface area contributed by atoms with Crippen molar-refractivity contribution in [1.82, 2.24) is 14.9 Å². The Hall–Kier alpha value is -2.94. The molecule has 0 aliphatic carbocycles. The van der Waals surface area contributed by atoms with Crippen molar-refractivity contribution in [3.63, 3.8) is 0 Å². The molecular weight excluding hydrogens is 346 g/mol. The summed E-state index contributed by atoms with van der Waals surface area (Å²) in [4.78, 5) is 16.1. The molecule has 2 aromatic heterocycles. The predicted molar refractivity (Wildman–Crippen MR) is 86.8 cm³/mol. The van der Waals surface area contributed by atoms with Gasteiger partial charge < -0.3 is 8.94 Å². The highest BCUT2D eigenvalue weighted by molar-refractivity contribution is 7.90. The summed E-state index contributed by atoms with van der Waals surface area (Å²) in [5.41, 5.74) is 0.558. The van der Waals surface area contributed by atoms with E-state index in [0.717, 1.165) is 0 Å². The van der Waals surface area contributed by atoms with Crippen molar-refractivity contribution in [3.8, 4) is 11.6 Å². The fourth-order valence-corrected chi connectivity index (χ4v) is 3.46. The number of carbonyl (C=O) groups excluding carboxylic acids is 1. The summed E-state index contributed by atoms with van der Waals surface area (Å²) in [7, 11) is -3.91. The van der Waals surface area contributed by atoms with E-state index in [0.29, 0.717) is 11.3 Å². The maximum Gasteiger partial charge on any atom is 0.264 e. The van der Waals surface area contributed by atoms with Crippen LogP contribution in [0.1, 0.15) is 17.9 Å². The van der Waals surface area contributed by atoms with E-state index in [1.165, 1.54) is 12.3 Å². The van der Waals surface area contributed by atoms with E-state index in [9.17, 15) is 13.2 Å². The van der Waals surface area contributed by atoms with Gasteiger partial charge in [-0.3, -0.25) is 4.79 Å². The summed E-state index contributed by atoms with van der Waals surface area (Å²) in [5.74, 6) is 0.283. The molecule has 0 aliphatic heterocycles. The molecule has 0 saturated heterocycles. The minimum Gasteiger partial charge on any atom is -0.461 e. The Morgan fingerprint density at radius 3 is 2.72 bits per heavy atom. The van der Waals surface area contributed by atoms with Gasteiger partial charge in [0.1, 0.15) is 0 Å². The normalized spacial score (nSPS) is 11.4. The molecule has 3 aromatic rings.